The summed E-state index contributed by atoms with van der Waals surface area (Å²) in [6.07, 6.45) is -0.870. The predicted octanol–water partition coefficient (Wildman–Crippen LogP) is 0.499. The van der Waals surface area contributed by atoms with Gasteiger partial charge in [0.2, 0.25) is 0 Å². The van der Waals surface area contributed by atoms with Gasteiger partial charge in [-0.1, -0.05) is 6.07 Å². The van der Waals surface area contributed by atoms with Crippen molar-refractivity contribution in [2.45, 2.75) is 6.92 Å². The molecule has 7 nitrogen and oxygen atoms in total. The van der Waals surface area contributed by atoms with Crippen molar-refractivity contribution in [3.63, 3.8) is 0 Å². The van der Waals surface area contributed by atoms with Crippen LogP contribution >= 0.6 is 0 Å². The fourth-order valence-corrected chi connectivity index (χ4v) is 2.44. The van der Waals surface area contributed by atoms with E-state index in [0.29, 0.717) is 10.00 Å². The van der Waals surface area contributed by atoms with E-state index in [1.54, 1.807) is 19.1 Å². The fraction of sp³-hybridized carbons (Fsp3) is 0.333. The van der Waals surface area contributed by atoms with Crippen molar-refractivity contribution in [1.82, 2.24) is 9.29 Å². The molecule has 0 radical (unpaired) electrons. The predicted molar refractivity (Wildman–Crippen MR) is 59.6 cm³/mol. The number of carbonyl (C=O) groups excluding carboxylic acids is 1. The van der Waals surface area contributed by atoms with Crippen molar-refractivity contribution in [3.05, 3.63) is 23.9 Å². The molecule has 1 aliphatic heterocycles. The second-order valence-corrected chi connectivity index (χ2v) is 5.05. The molecule has 1 aliphatic rings. The molecule has 17 heavy (non-hydrogen) atoms. The molecule has 1 aromatic heterocycles. The van der Waals surface area contributed by atoms with E-state index in [1.165, 1.54) is 6.07 Å². The van der Waals surface area contributed by atoms with Gasteiger partial charge in [-0.05, 0) is 19.1 Å². The molecule has 1 N–H and O–H groups in total. The molecule has 8 heteroatoms. The highest BCUT2D eigenvalue weighted by atomic mass is 32.2. The van der Waals surface area contributed by atoms with E-state index in [9.17, 15) is 13.2 Å². The number of rotatable bonds is 3. The Morgan fingerprint density at radius 1 is 1.47 bits per heavy atom. The van der Waals surface area contributed by atoms with Gasteiger partial charge in [-0.2, -0.15) is 12.7 Å². The number of nitrogens with one attached hydrogen (secondary N) is 1. The van der Waals surface area contributed by atoms with Crippen LogP contribution in [0.25, 0.3) is 0 Å². The van der Waals surface area contributed by atoms with E-state index in [-0.39, 0.29) is 19.0 Å². The molecule has 0 unspecified atom stereocenters. The number of anilines is 1. The maximum atomic E-state index is 11.8. The average Bonchev–Trinajstić information content (AvgIpc) is 2.64. The summed E-state index contributed by atoms with van der Waals surface area (Å²) in [7, 11) is -3.93. The summed E-state index contributed by atoms with van der Waals surface area (Å²) in [6, 6.07) is 4.91. The van der Waals surface area contributed by atoms with Crippen LogP contribution in [0.3, 0.4) is 0 Å². The lowest BCUT2D eigenvalue weighted by atomic mass is 10.4. The zero-order valence-corrected chi connectivity index (χ0v) is 9.90. The van der Waals surface area contributed by atoms with Crippen LogP contribution in [0, 0.1) is 6.92 Å². The summed E-state index contributed by atoms with van der Waals surface area (Å²) in [5.74, 6) is 0.171. The first-order chi connectivity index (χ1) is 7.99. The molecule has 0 spiro atoms. The molecule has 1 aromatic rings. The van der Waals surface area contributed by atoms with Crippen LogP contribution in [0.4, 0.5) is 10.6 Å². The van der Waals surface area contributed by atoms with Crippen LogP contribution in [0.2, 0.25) is 0 Å². The van der Waals surface area contributed by atoms with Gasteiger partial charge in [0.15, 0.2) is 0 Å². The highest BCUT2D eigenvalue weighted by molar-refractivity contribution is 7.90. The lowest BCUT2D eigenvalue weighted by Gasteiger charge is -2.14. The third-order valence-electron chi connectivity index (χ3n) is 2.14. The standard InChI is InChI=1S/C9H11N3O4S/c1-7-3-2-4-8(10-7)11-17(14,15)12-5-6-16-9(12)13/h2-4H,5-6H2,1H3,(H,10,11). The van der Waals surface area contributed by atoms with Gasteiger partial charge < -0.3 is 4.74 Å². The Bertz CT molecular complexity index is 543. The number of ether oxygens (including phenoxy) is 1. The second kappa shape index (κ2) is 4.21. The van der Waals surface area contributed by atoms with Crippen LogP contribution in [-0.4, -0.2) is 37.0 Å². The monoisotopic (exact) mass is 257 g/mol. The van der Waals surface area contributed by atoms with E-state index in [2.05, 4.69) is 14.4 Å². The molecular formula is C9H11N3O4S. The lowest BCUT2D eigenvalue weighted by Crippen LogP contribution is -2.36. The van der Waals surface area contributed by atoms with Crippen LogP contribution in [0.1, 0.15) is 5.69 Å². The van der Waals surface area contributed by atoms with Gasteiger partial charge >= 0.3 is 16.3 Å². The van der Waals surface area contributed by atoms with Crippen molar-refractivity contribution in [3.8, 4) is 0 Å². The van der Waals surface area contributed by atoms with Crippen LogP contribution < -0.4 is 4.72 Å². The number of nitrogens with zero attached hydrogens (tertiary/aromatic N) is 2. The summed E-state index contributed by atoms with van der Waals surface area (Å²) in [6.45, 7) is 1.82. The first kappa shape index (κ1) is 11.6. The SMILES string of the molecule is Cc1cccc(NS(=O)(=O)N2CCOC2=O)n1. The third-order valence-corrected chi connectivity index (χ3v) is 3.51. The van der Waals surface area contributed by atoms with E-state index >= 15 is 0 Å². The summed E-state index contributed by atoms with van der Waals surface area (Å²) >= 11 is 0. The molecule has 0 atom stereocenters. The molecule has 1 fully saturated rings. The minimum Gasteiger partial charge on any atom is -0.447 e. The minimum atomic E-state index is -3.93. The van der Waals surface area contributed by atoms with Gasteiger partial charge in [0.25, 0.3) is 0 Å². The molecule has 92 valence electrons. The average molecular weight is 257 g/mol. The molecule has 0 aliphatic carbocycles. The minimum absolute atomic E-state index is 0.0139. The van der Waals surface area contributed by atoms with Gasteiger partial charge in [0, 0.05) is 5.69 Å². The highest BCUT2D eigenvalue weighted by Gasteiger charge is 2.33. The maximum absolute atomic E-state index is 11.8. The molecule has 1 amide bonds. The topological polar surface area (TPSA) is 88.6 Å². The Balaban J connectivity index is 2.20. The number of aromatic nitrogens is 1. The maximum Gasteiger partial charge on any atom is 0.425 e. The van der Waals surface area contributed by atoms with Gasteiger partial charge in [0.05, 0.1) is 6.54 Å². The molecule has 0 bridgehead atoms. The zero-order chi connectivity index (χ0) is 12.5. The van der Waals surface area contributed by atoms with E-state index in [0.717, 1.165) is 0 Å². The number of cyclic esters (lactones) is 1. The molecule has 2 rings (SSSR count). The van der Waals surface area contributed by atoms with E-state index in [1.807, 2.05) is 0 Å². The van der Waals surface area contributed by atoms with Gasteiger partial charge in [0.1, 0.15) is 12.4 Å². The summed E-state index contributed by atoms with van der Waals surface area (Å²) in [5.41, 5.74) is 0.675. The van der Waals surface area contributed by atoms with Crippen LogP contribution in [0.15, 0.2) is 18.2 Å². The number of hydrogen-bond acceptors (Lipinski definition) is 5. The smallest absolute Gasteiger partial charge is 0.425 e. The summed E-state index contributed by atoms with van der Waals surface area (Å²) in [5, 5.41) is 0. The Morgan fingerprint density at radius 3 is 2.82 bits per heavy atom. The van der Waals surface area contributed by atoms with E-state index in [4.69, 9.17) is 0 Å². The van der Waals surface area contributed by atoms with Crippen molar-refractivity contribution < 1.29 is 17.9 Å². The van der Waals surface area contributed by atoms with Gasteiger partial charge in [-0.15, -0.1) is 0 Å². The van der Waals surface area contributed by atoms with Crippen molar-refractivity contribution >= 4 is 22.1 Å². The molecule has 1 saturated heterocycles. The normalized spacial score (nSPS) is 15.8. The van der Waals surface area contributed by atoms with Gasteiger partial charge in [-0.25, -0.2) is 14.5 Å². The molecular weight excluding hydrogens is 246 g/mol. The van der Waals surface area contributed by atoms with Gasteiger partial charge in [-0.3, -0.25) is 0 Å². The quantitative estimate of drug-likeness (QED) is 0.851. The lowest BCUT2D eigenvalue weighted by molar-refractivity contribution is 0.170. The molecule has 0 saturated carbocycles. The number of carbonyl (C=O) groups is 1. The van der Waals surface area contributed by atoms with Crippen LogP contribution in [-0.2, 0) is 14.9 Å². The van der Waals surface area contributed by atoms with Crippen molar-refractivity contribution in [1.29, 1.82) is 0 Å². The third kappa shape index (κ3) is 2.47. The first-order valence-electron chi connectivity index (χ1n) is 4.90. The first-order valence-corrected chi connectivity index (χ1v) is 6.34. The Labute approximate surface area is 98.6 Å². The fourth-order valence-electron chi connectivity index (χ4n) is 1.38. The zero-order valence-electron chi connectivity index (χ0n) is 9.08. The number of aryl methyl sites for hydroxylation is 1. The number of amides is 1. The summed E-state index contributed by atoms with van der Waals surface area (Å²) < 4.78 is 31.0. The van der Waals surface area contributed by atoms with Crippen molar-refractivity contribution in [2.75, 3.05) is 17.9 Å². The number of pyridine rings is 1. The Morgan fingerprint density at radius 2 is 2.24 bits per heavy atom. The summed E-state index contributed by atoms with van der Waals surface area (Å²) in [4.78, 5) is 15.1. The van der Waals surface area contributed by atoms with Crippen LogP contribution in [0.5, 0.6) is 0 Å². The van der Waals surface area contributed by atoms with Crippen molar-refractivity contribution in [2.24, 2.45) is 0 Å². The highest BCUT2D eigenvalue weighted by Crippen LogP contribution is 2.13. The Kier molecular flexibility index (Phi) is 2.88. The molecule has 2 heterocycles. The second-order valence-electron chi connectivity index (χ2n) is 3.46. The van der Waals surface area contributed by atoms with E-state index < -0.39 is 16.3 Å². The largest absolute Gasteiger partial charge is 0.447 e. The Hall–Kier alpha value is -1.83. The number of hydrogen-bond donors (Lipinski definition) is 1. The molecule has 0 aromatic carbocycles.